The molecule has 0 aliphatic heterocycles. The van der Waals surface area contributed by atoms with Crippen LogP contribution in [-0.2, 0) is 0 Å². The molecule has 0 unspecified atom stereocenters. The summed E-state index contributed by atoms with van der Waals surface area (Å²) in [5.74, 6) is 0. The maximum absolute atomic E-state index is 5.82. The van der Waals surface area contributed by atoms with E-state index in [0.717, 1.165) is 32.2 Å². The van der Waals surface area contributed by atoms with Gasteiger partial charge in [0.1, 0.15) is 0 Å². The minimum atomic E-state index is -0.558. The summed E-state index contributed by atoms with van der Waals surface area (Å²) in [5, 5.41) is 0. The molecular weight excluding hydrogens is 164 g/mol. The van der Waals surface area contributed by atoms with E-state index in [1.165, 1.54) is 6.42 Å². The van der Waals surface area contributed by atoms with E-state index < -0.39 is 5.66 Å². The van der Waals surface area contributed by atoms with Gasteiger partial charge in [0.25, 0.3) is 0 Å². The molecule has 8 N–H and O–H groups in total. The molecule has 0 aliphatic carbocycles. The van der Waals surface area contributed by atoms with Crippen LogP contribution in [0.5, 0.6) is 0 Å². The van der Waals surface area contributed by atoms with Crippen molar-refractivity contribution >= 4 is 0 Å². The van der Waals surface area contributed by atoms with Crippen molar-refractivity contribution in [2.45, 2.75) is 44.2 Å². The zero-order valence-corrected chi connectivity index (χ0v) is 8.47. The molecule has 0 aromatic carbocycles. The molecule has 0 spiro atoms. The van der Waals surface area contributed by atoms with E-state index in [1.54, 1.807) is 0 Å². The summed E-state index contributed by atoms with van der Waals surface area (Å²) < 4.78 is 0. The van der Waals surface area contributed by atoms with Crippen molar-refractivity contribution in [1.29, 1.82) is 0 Å². The lowest BCUT2D eigenvalue weighted by molar-refractivity contribution is 0.366. The lowest BCUT2D eigenvalue weighted by atomic mass is 9.99. The standard InChI is InChI=1S/C9H24N4/c10-7-4-2-1-3-5-9(12,13)6-8-11/h1-8,10-13H2. The number of rotatable bonds is 8. The Morgan fingerprint density at radius 1 is 0.692 bits per heavy atom. The molecule has 0 aliphatic rings. The van der Waals surface area contributed by atoms with Gasteiger partial charge in [-0.1, -0.05) is 19.3 Å². The van der Waals surface area contributed by atoms with E-state index >= 15 is 0 Å². The van der Waals surface area contributed by atoms with Gasteiger partial charge in [-0.15, -0.1) is 0 Å². The van der Waals surface area contributed by atoms with Crippen molar-refractivity contribution in [3.63, 3.8) is 0 Å². The van der Waals surface area contributed by atoms with Crippen LogP contribution in [-0.4, -0.2) is 18.8 Å². The Bertz CT molecular complexity index is 114. The zero-order chi connectivity index (χ0) is 10.2. The first-order valence-corrected chi connectivity index (χ1v) is 5.10. The third-order valence-corrected chi connectivity index (χ3v) is 2.21. The molecule has 0 atom stereocenters. The molecule has 0 amide bonds. The second-order valence-corrected chi connectivity index (χ2v) is 3.72. The molecule has 0 heterocycles. The summed E-state index contributed by atoms with van der Waals surface area (Å²) in [6.07, 6.45) is 6.07. The largest absolute Gasteiger partial charge is 0.330 e. The van der Waals surface area contributed by atoms with Gasteiger partial charge in [0.15, 0.2) is 0 Å². The van der Waals surface area contributed by atoms with Crippen LogP contribution in [0.25, 0.3) is 0 Å². The van der Waals surface area contributed by atoms with Gasteiger partial charge in [-0.25, -0.2) is 0 Å². The van der Waals surface area contributed by atoms with Crippen LogP contribution < -0.4 is 22.9 Å². The molecule has 0 fully saturated rings. The van der Waals surface area contributed by atoms with Crippen molar-refractivity contribution in [2.24, 2.45) is 22.9 Å². The van der Waals surface area contributed by atoms with Crippen molar-refractivity contribution in [1.82, 2.24) is 0 Å². The molecule has 80 valence electrons. The average molecular weight is 188 g/mol. The van der Waals surface area contributed by atoms with Gasteiger partial charge in [-0.2, -0.15) is 0 Å². The van der Waals surface area contributed by atoms with Crippen LogP contribution in [0.15, 0.2) is 0 Å². The summed E-state index contributed by atoms with van der Waals surface area (Å²) in [7, 11) is 0. The Morgan fingerprint density at radius 2 is 1.31 bits per heavy atom. The maximum atomic E-state index is 5.82. The van der Waals surface area contributed by atoms with Crippen LogP contribution >= 0.6 is 0 Å². The Morgan fingerprint density at radius 3 is 1.85 bits per heavy atom. The highest BCUT2D eigenvalue weighted by Gasteiger charge is 2.16. The Kier molecular flexibility index (Phi) is 7.17. The maximum Gasteiger partial charge on any atom is 0.0648 e. The fourth-order valence-electron chi connectivity index (χ4n) is 1.35. The van der Waals surface area contributed by atoms with Crippen molar-refractivity contribution in [3.8, 4) is 0 Å². The van der Waals surface area contributed by atoms with Crippen LogP contribution in [0, 0.1) is 0 Å². The molecule has 4 heteroatoms. The molecule has 0 aromatic heterocycles. The fourth-order valence-corrected chi connectivity index (χ4v) is 1.35. The van der Waals surface area contributed by atoms with Gasteiger partial charge in [0, 0.05) is 0 Å². The molecular formula is C9H24N4. The molecule has 0 bridgehead atoms. The molecule has 0 radical (unpaired) electrons. The van der Waals surface area contributed by atoms with Gasteiger partial charge in [0.2, 0.25) is 0 Å². The second-order valence-electron chi connectivity index (χ2n) is 3.72. The summed E-state index contributed by atoms with van der Waals surface area (Å²) >= 11 is 0. The molecule has 0 rings (SSSR count). The van der Waals surface area contributed by atoms with Gasteiger partial charge >= 0.3 is 0 Å². The summed E-state index contributed by atoms with van der Waals surface area (Å²) in [5.41, 5.74) is 21.8. The van der Waals surface area contributed by atoms with E-state index in [1.807, 2.05) is 0 Å². The molecule has 0 aromatic rings. The lowest BCUT2D eigenvalue weighted by Crippen LogP contribution is -2.50. The predicted octanol–water partition coefficient (Wildman–Crippen LogP) is -0.142. The highest BCUT2D eigenvalue weighted by atomic mass is 15.0. The monoisotopic (exact) mass is 188 g/mol. The zero-order valence-electron chi connectivity index (χ0n) is 8.47. The van der Waals surface area contributed by atoms with E-state index in [2.05, 4.69) is 0 Å². The van der Waals surface area contributed by atoms with Crippen molar-refractivity contribution in [3.05, 3.63) is 0 Å². The molecule has 4 nitrogen and oxygen atoms in total. The first kappa shape index (κ1) is 12.8. The quantitative estimate of drug-likeness (QED) is 0.314. The average Bonchev–Trinajstić information content (AvgIpc) is 2.04. The number of nitrogens with two attached hydrogens (primary N) is 4. The number of hydrogen-bond acceptors (Lipinski definition) is 4. The topological polar surface area (TPSA) is 104 Å². The summed E-state index contributed by atoms with van der Waals surface area (Å²) in [6.45, 7) is 1.34. The van der Waals surface area contributed by atoms with E-state index in [-0.39, 0.29) is 0 Å². The van der Waals surface area contributed by atoms with Crippen LogP contribution in [0.4, 0.5) is 0 Å². The number of unbranched alkanes of at least 4 members (excludes halogenated alkanes) is 3. The first-order chi connectivity index (χ1) is 6.12. The fraction of sp³-hybridized carbons (Fsp3) is 1.00. The molecule has 0 saturated carbocycles. The lowest BCUT2D eigenvalue weighted by Gasteiger charge is -2.23. The van der Waals surface area contributed by atoms with Gasteiger partial charge < -0.3 is 22.9 Å². The predicted molar refractivity (Wildman–Crippen MR) is 56.9 cm³/mol. The van der Waals surface area contributed by atoms with Gasteiger partial charge in [-0.05, 0) is 32.4 Å². The normalized spacial score (nSPS) is 12.0. The second kappa shape index (κ2) is 7.26. The highest BCUT2D eigenvalue weighted by Crippen LogP contribution is 2.10. The number of hydrogen-bond donors (Lipinski definition) is 4. The highest BCUT2D eigenvalue weighted by molar-refractivity contribution is 4.76. The Labute approximate surface area is 81.0 Å². The SMILES string of the molecule is NCCCCCCC(N)(N)CCN. The third kappa shape index (κ3) is 8.18. The smallest absolute Gasteiger partial charge is 0.0648 e. The van der Waals surface area contributed by atoms with E-state index in [4.69, 9.17) is 22.9 Å². The Balaban J connectivity index is 3.29. The molecule has 13 heavy (non-hydrogen) atoms. The summed E-state index contributed by atoms with van der Waals surface area (Å²) in [4.78, 5) is 0. The van der Waals surface area contributed by atoms with Crippen LogP contribution in [0.2, 0.25) is 0 Å². The van der Waals surface area contributed by atoms with Crippen molar-refractivity contribution < 1.29 is 0 Å². The van der Waals surface area contributed by atoms with Gasteiger partial charge in [0.05, 0.1) is 5.66 Å². The Hall–Kier alpha value is -0.160. The van der Waals surface area contributed by atoms with Gasteiger partial charge in [-0.3, -0.25) is 0 Å². The minimum absolute atomic E-state index is 0.558. The van der Waals surface area contributed by atoms with Crippen LogP contribution in [0.1, 0.15) is 38.5 Å². The first-order valence-electron chi connectivity index (χ1n) is 5.10. The third-order valence-electron chi connectivity index (χ3n) is 2.21. The molecule has 0 saturated heterocycles. The van der Waals surface area contributed by atoms with E-state index in [9.17, 15) is 0 Å². The minimum Gasteiger partial charge on any atom is -0.330 e. The van der Waals surface area contributed by atoms with E-state index in [0.29, 0.717) is 13.0 Å². The summed E-state index contributed by atoms with van der Waals surface area (Å²) in [6, 6.07) is 0. The van der Waals surface area contributed by atoms with Crippen LogP contribution in [0.3, 0.4) is 0 Å². The van der Waals surface area contributed by atoms with Crippen molar-refractivity contribution in [2.75, 3.05) is 13.1 Å².